The molecule has 0 saturated carbocycles. The van der Waals surface area contributed by atoms with Gasteiger partial charge in [0.25, 0.3) is 0 Å². The minimum Gasteiger partial charge on any atom is -0.314 e. The first kappa shape index (κ1) is 20.0. The van der Waals surface area contributed by atoms with Crippen molar-refractivity contribution in [2.75, 3.05) is 6.54 Å². The Hall–Kier alpha value is -0.0400. The zero-order valence-corrected chi connectivity index (χ0v) is 14.7. The monoisotopic (exact) mass is 283 g/mol. The molecular weight excluding hydrogens is 242 g/mol. The van der Waals surface area contributed by atoms with Crippen molar-refractivity contribution in [2.24, 2.45) is 0 Å². The van der Waals surface area contributed by atoms with Gasteiger partial charge in [-0.1, -0.05) is 91.4 Å². The van der Waals surface area contributed by atoms with Crippen LogP contribution in [0.5, 0.6) is 0 Å². The average molecular weight is 284 g/mol. The van der Waals surface area contributed by atoms with E-state index in [0.29, 0.717) is 0 Å². The Balaban J connectivity index is 3.46. The second-order valence-corrected chi connectivity index (χ2v) is 6.41. The molecule has 0 spiro atoms. The molecule has 0 rings (SSSR count). The highest BCUT2D eigenvalue weighted by Gasteiger charge is 2.06. The lowest BCUT2D eigenvalue weighted by molar-refractivity contribution is 0.415. The highest BCUT2D eigenvalue weighted by molar-refractivity contribution is 4.67. The Morgan fingerprint density at radius 3 is 1.65 bits per heavy atom. The van der Waals surface area contributed by atoms with Crippen molar-refractivity contribution < 1.29 is 0 Å². The molecule has 0 aromatic carbocycles. The molecule has 0 fully saturated rings. The van der Waals surface area contributed by atoms with Crippen LogP contribution in [-0.2, 0) is 0 Å². The van der Waals surface area contributed by atoms with Gasteiger partial charge < -0.3 is 5.32 Å². The summed E-state index contributed by atoms with van der Waals surface area (Å²) in [5.41, 5.74) is 0. The smallest absolute Gasteiger partial charge is 0.00670 e. The van der Waals surface area contributed by atoms with Crippen LogP contribution in [0.4, 0.5) is 0 Å². The predicted molar refractivity (Wildman–Crippen MR) is 93.5 cm³/mol. The summed E-state index contributed by atoms with van der Waals surface area (Å²) in [5, 5.41) is 3.77. The molecule has 0 aliphatic rings. The summed E-state index contributed by atoms with van der Waals surface area (Å²) in [6, 6.07) is 0.793. The van der Waals surface area contributed by atoms with E-state index in [2.05, 4.69) is 26.1 Å². The summed E-state index contributed by atoms with van der Waals surface area (Å²) in [7, 11) is 0. The summed E-state index contributed by atoms with van der Waals surface area (Å²) >= 11 is 0. The number of unbranched alkanes of at least 4 members (excludes halogenated alkanes) is 9. The van der Waals surface area contributed by atoms with Crippen LogP contribution in [0.3, 0.4) is 0 Å². The Morgan fingerprint density at radius 2 is 1.05 bits per heavy atom. The molecule has 0 aliphatic heterocycles. The fourth-order valence-electron chi connectivity index (χ4n) is 2.81. The van der Waals surface area contributed by atoms with Gasteiger partial charge in [0.05, 0.1) is 0 Å². The first-order valence-electron chi connectivity index (χ1n) is 9.58. The fourth-order valence-corrected chi connectivity index (χ4v) is 2.81. The number of nitrogens with one attached hydrogen (secondary N) is 1. The molecule has 0 amide bonds. The second kappa shape index (κ2) is 17.0. The van der Waals surface area contributed by atoms with Crippen LogP contribution >= 0.6 is 0 Å². The second-order valence-electron chi connectivity index (χ2n) is 6.41. The summed E-state index contributed by atoms with van der Waals surface area (Å²) in [4.78, 5) is 0. The molecular formula is C19H41N. The van der Waals surface area contributed by atoms with E-state index in [1.807, 2.05) is 0 Å². The number of rotatable bonds is 16. The first-order chi connectivity index (χ1) is 9.85. The third-order valence-corrected chi connectivity index (χ3v) is 4.28. The maximum Gasteiger partial charge on any atom is 0.00670 e. The maximum absolute atomic E-state index is 3.77. The number of hydrogen-bond acceptors (Lipinski definition) is 1. The lowest BCUT2D eigenvalue weighted by Crippen LogP contribution is -2.29. The van der Waals surface area contributed by atoms with Crippen molar-refractivity contribution in [1.29, 1.82) is 0 Å². The molecule has 0 radical (unpaired) electrons. The molecule has 0 aromatic heterocycles. The average Bonchev–Trinajstić information content (AvgIpc) is 2.47. The van der Waals surface area contributed by atoms with Gasteiger partial charge in [-0.05, 0) is 25.8 Å². The Kier molecular flexibility index (Phi) is 17.0. The first-order valence-corrected chi connectivity index (χ1v) is 9.58. The van der Waals surface area contributed by atoms with Crippen LogP contribution in [0.15, 0.2) is 0 Å². The van der Waals surface area contributed by atoms with E-state index in [-0.39, 0.29) is 0 Å². The van der Waals surface area contributed by atoms with Crippen LogP contribution in [0.1, 0.15) is 111 Å². The third-order valence-electron chi connectivity index (χ3n) is 4.28. The van der Waals surface area contributed by atoms with E-state index in [1.54, 1.807) is 0 Å². The van der Waals surface area contributed by atoms with E-state index >= 15 is 0 Å². The largest absolute Gasteiger partial charge is 0.314 e. The normalized spacial score (nSPS) is 12.8. The Bertz CT molecular complexity index is 167. The molecule has 1 heteroatoms. The molecule has 1 N–H and O–H groups in total. The minimum atomic E-state index is 0.793. The quantitative estimate of drug-likeness (QED) is 0.320. The molecule has 1 nitrogen and oxygen atoms in total. The summed E-state index contributed by atoms with van der Waals surface area (Å²) in [6.45, 7) is 8.10. The zero-order valence-electron chi connectivity index (χ0n) is 14.7. The lowest BCUT2D eigenvalue weighted by atomic mass is 10.0. The maximum atomic E-state index is 3.77. The molecule has 20 heavy (non-hydrogen) atoms. The summed E-state index contributed by atoms with van der Waals surface area (Å²) in [5.74, 6) is 0. The van der Waals surface area contributed by atoms with Gasteiger partial charge >= 0.3 is 0 Å². The standard InChI is InChI=1S/C19H41N/c1-4-7-10-11-12-13-14-15-17-19(16-8-5-2)20-18-9-6-3/h19-20H,4-18H2,1-3H3. The highest BCUT2D eigenvalue weighted by atomic mass is 14.9. The van der Waals surface area contributed by atoms with Crippen LogP contribution in [0, 0.1) is 0 Å². The topological polar surface area (TPSA) is 12.0 Å². The third kappa shape index (κ3) is 14.4. The van der Waals surface area contributed by atoms with Gasteiger partial charge in [-0.15, -0.1) is 0 Å². The van der Waals surface area contributed by atoms with Gasteiger partial charge in [0.1, 0.15) is 0 Å². The lowest BCUT2D eigenvalue weighted by Gasteiger charge is -2.18. The molecule has 0 heterocycles. The minimum absolute atomic E-state index is 0.793. The van der Waals surface area contributed by atoms with Gasteiger partial charge in [-0.2, -0.15) is 0 Å². The van der Waals surface area contributed by atoms with E-state index in [0.717, 1.165) is 6.04 Å². The van der Waals surface area contributed by atoms with Crippen molar-refractivity contribution in [3.8, 4) is 0 Å². The van der Waals surface area contributed by atoms with Gasteiger partial charge in [0.15, 0.2) is 0 Å². The molecule has 122 valence electrons. The predicted octanol–water partition coefficient (Wildman–Crippen LogP) is 6.47. The van der Waals surface area contributed by atoms with E-state index < -0.39 is 0 Å². The summed E-state index contributed by atoms with van der Waals surface area (Å²) < 4.78 is 0. The Morgan fingerprint density at radius 1 is 0.550 bits per heavy atom. The number of hydrogen-bond donors (Lipinski definition) is 1. The summed E-state index contributed by atoms with van der Waals surface area (Å²) in [6.07, 6.45) is 19.7. The van der Waals surface area contributed by atoms with Crippen molar-refractivity contribution in [1.82, 2.24) is 5.32 Å². The van der Waals surface area contributed by atoms with Crippen molar-refractivity contribution in [3.63, 3.8) is 0 Å². The Labute approximate surface area is 129 Å². The van der Waals surface area contributed by atoms with Crippen molar-refractivity contribution in [3.05, 3.63) is 0 Å². The van der Waals surface area contributed by atoms with Gasteiger partial charge in [0, 0.05) is 6.04 Å². The van der Waals surface area contributed by atoms with Crippen LogP contribution < -0.4 is 5.32 Å². The van der Waals surface area contributed by atoms with E-state index in [1.165, 1.54) is 96.4 Å². The zero-order chi connectivity index (χ0) is 14.9. The highest BCUT2D eigenvalue weighted by Crippen LogP contribution is 2.13. The fraction of sp³-hybridized carbons (Fsp3) is 1.00. The van der Waals surface area contributed by atoms with E-state index in [9.17, 15) is 0 Å². The van der Waals surface area contributed by atoms with Crippen LogP contribution in [0.25, 0.3) is 0 Å². The molecule has 1 unspecified atom stereocenters. The molecule has 0 saturated heterocycles. The van der Waals surface area contributed by atoms with Gasteiger partial charge in [0.2, 0.25) is 0 Å². The van der Waals surface area contributed by atoms with Gasteiger partial charge in [-0.25, -0.2) is 0 Å². The van der Waals surface area contributed by atoms with Crippen molar-refractivity contribution >= 4 is 0 Å². The van der Waals surface area contributed by atoms with Gasteiger partial charge in [-0.3, -0.25) is 0 Å². The molecule has 1 atom stereocenters. The molecule has 0 bridgehead atoms. The molecule has 0 aromatic rings. The van der Waals surface area contributed by atoms with Crippen LogP contribution in [-0.4, -0.2) is 12.6 Å². The van der Waals surface area contributed by atoms with E-state index in [4.69, 9.17) is 0 Å². The SMILES string of the molecule is CCCCCCCCCCC(CCCC)NCCCC. The van der Waals surface area contributed by atoms with Crippen LogP contribution in [0.2, 0.25) is 0 Å². The van der Waals surface area contributed by atoms with Crippen molar-refractivity contribution in [2.45, 2.75) is 117 Å². The molecule has 0 aliphatic carbocycles.